The van der Waals surface area contributed by atoms with Gasteiger partial charge in [0, 0.05) is 24.3 Å². The number of anilines is 1. The fourth-order valence-electron chi connectivity index (χ4n) is 4.42. The molecule has 1 atom stereocenters. The van der Waals surface area contributed by atoms with Crippen LogP contribution in [0.1, 0.15) is 46.0 Å². The van der Waals surface area contributed by atoms with Crippen molar-refractivity contribution in [1.82, 2.24) is 0 Å². The van der Waals surface area contributed by atoms with Crippen LogP contribution < -0.4 is 4.90 Å². The molecule has 3 aromatic rings. The highest BCUT2D eigenvalue weighted by Gasteiger charge is 2.37. The third-order valence-corrected chi connectivity index (χ3v) is 7.90. The van der Waals surface area contributed by atoms with Crippen LogP contribution in [0.3, 0.4) is 0 Å². The number of carbonyl (C=O) groups is 1. The van der Waals surface area contributed by atoms with Gasteiger partial charge < -0.3 is 9.64 Å². The summed E-state index contributed by atoms with van der Waals surface area (Å²) in [5, 5.41) is 0.377. The number of carbonyl (C=O) groups excluding carboxylic acids is 1. The highest BCUT2D eigenvalue weighted by molar-refractivity contribution is 6.53. The Labute approximate surface area is 212 Å². The molecule has 0 aromatic heterocycles. The molecule has 1 unspecified atom stereocenters. The number of hydrogen-bond acceptors (Lipinski definition) is 3. The predicted octanol–water partition coefficient (Wildman–Crippen LogP) is 8.24. The summed E-state index contributed by atoms with van der Waals surface area (Å²) < 4.78 is 5.67. The van der Waals surface area contributed by atoms with Crippen molar-refractivity contribution in [1.29, 1.82) is 0 Å². The average Bonchev–Trinajstić information content (AvgIpc) is 3.49. The molecule has 0 radical (unpaired) electrons. The first-order chi connectivity index (χ1) is 16.0. The summed E-state index contributed by atoms with van der Waals surface area (Å²) in [6, 6.07) is 18.4. The monoisotopic (exact) mass is 517 g/mol. The first-order valence-electron chi connectivity index (χ1n) is 10.6. The fraction of sp³-hybridized carbons (Fsp3) is 0.192. The maximum absolute atomic E-state index is 12.7. The lowest BCUT2D eigenvalue weighted by Crippen LogP contribution is -2.17. The highest BCUT2D eigenvalue weighted by atomic mass is 35.5. The Bertz CT molecular complexity index is 1250. The van der Waals surface area contributed by atoms with Crippen LogP contribution in [0.4, 0.5) is 5.69 Å². The van der Waals surface area contributed by atoms with E-state index in [1.807, 2.05) is 36.4 Å². The molecule has 2 aliphatic rings. The van der Waals surface area contributed by atoms with Crippen molar-refractivity contribution in [3.8, 4) is 0 Å². The lowest BCUT2D eigenvalue weighted by molar-refractivity contribution is 0.0468. The van der Waals surface area contributed by atoms with Crippen LogP contribution in [0.5, 0.6) is 0 Å². The van der Waals surface area contributed by atoms with E-state index in [2.05, 4.69) is 29.2 Å². The van der Waals surface area contributed by atoms with Crippen LogP contribution >= 0.6 is 46.4 Å². The Morgan fingerprint density at radius 1 is 0.818 bits per heavy atom. The van der Waals surface area contributed by atoms with Gasteiger partial charge in [0.1, 0.15) is 6.10 Å². The standard InChI is InChI=1S/C26H19Cl4NO2/c27-22-20-19(33-26(32)21(20)23(28)25(30)24(22)29)14-18(15-6-2-1-3-7-15)16-8-10-17(11-9-16)31-12-4-5-13-31/h1-3,6-11,14,19H,4-5,12-13H2. The van der Waals surface area contributed by atoms with Gasteiger partial charge in [0.05, 0.1) is 25.7 Å². The number of ether oxygens (including phenoxy) is 1. The summed E-state index contributed by atoms with van der Waals surface area (Å²) in [5.41, 5.74) is 4.69. The number of halogens is 4. The maximum atomic E-state index is 12.7. The molecule has 3 aromatic carbocycles. The van der Waals surface area contributed by atoms with Gasteiger partial charge in [-0.15, -0.1) is 0 Å². The molecular formula is C26H19Cl4NO2. The molecule has 33 heavy (non-hydrogen) atoms. The minimum absolute atomic E-state index is 0.0458. The first kappa shape index (κ1) is 22.6. The summed E-state index contributed by atoms with van der Waals surface area (Å²) in [7, 11) is 0. The molecule has 3 nitrogen and oxygen atoms in total. The second kappa shape index (κ2) is 9.23. The van der Waals surface area contributed by atoms with Crippen LogP contribution in [0.2, 0.25) is 20.1 Å². The lowest BCUT2D eigenvalue weighted by Gasteiger charge is -2.19. The van der Waals surface area contributed by atoms with Gasteiger partial charge in [-0.2, -0.15) is 0 Å². The van der Waals surface area contributed by atoms with Crippen molar-refractivity contribution in [2.75, 3.05) is 18.0 Å². The molecule has 1 fully saturated rings. The normalized spacial score (nSPS) is 17.9. The Kier molecular flexibility index (Phi) is 6.32. The molecule has 7 heteroatoms. The first-order valence-corrected chi connectivity index (χ1v) is 12.2. The van der Waals surface area contributed by atoms with Gasteiger partial charge in [0.15, 0.2) is 0 Å². The minimum Gasteiger partial charge on any atom is -0.449 e. The quantitative estimate of drug-likeness (QED) is 0.198. The fourth-order valence-corrected chi connectivity index (χ4v) is 5.47. The van der Waals surface area contributed by atoms with E-state index in [0.717, 1.165) is 29.8 Å². The molecule has 168 valence electrons. The number of benzene rings is 3. The van der Waals surface area contributed by atoms with E-state index in [-0.39, 0.29) is 25.7 Å². The van der Waals surface area contributed by atoms with Crippen molar-refractivity contribution >= 4 is 63.6 Å². The third-order valence-electron chi connectivity index (χ3n) is 6.08. The maximum Gasteiger partial charge on any atom is 0.341 e. The Morgan fingerprint density at radius 3 is 2.09 bits per heavy atom. The molecule has 5 rings (SSSR count). The Hall–Kier alpha value is -2.17. The summed E-state index contributed by atoms with van der Waals surface area (Å²) in [5.74, 6) is -0.575. The van der Waals surface area contributed by atoms with E-state index < -0.39 is 12.1 Å². The zero-order valence-corrected chi connectivity index (χ0v) is 20.5. The molecule has 2 heterocycles. The summed E-state index contributed by atoms with van der Waals surface area (Å²) >= 11 is 25.3. The van der Waals surface area contributed by atoms with Crippen LogP contribution in [-0.4, -0.2) is 19.1 Å². The van der Waals surface area contributed by atoms with E-state index in [1.54, 1.807) is 0 Å². The SMILES string of the molecule is O=C1OC(C=C(c2ccccc2)c2ccc(N3CCCC3)cc2)c2c(Cl)c(Cl)c(Cl)c(Cl)c21. The Balaban J connectivity index is 1.61. The van der Waals surface area contributed by atoms with Gasteiger partial charge in [0.25, 0.3) is 0 Å². The predicted molar refractivity (Wildman–Crippen MR) is 136 cm³/mol. The number of fused-ring (bicyclic) bond motifs is 1. The van der Waals surface area contributed by atoms with Crippen molar-refractivity contribution in [3.63, 3.8) is 0 Å². The number of rotatable bonds is 4. The Morgan fingerprint density at radius 2 is 1.42 bits per heavy atom. The smallest absolute Gasteiger partial charge is 0.341 e. The molecule has 0 saturated carbocycles. The van der Waals surface area contributed by atoms with Gasteiger partial charge in [-0.1, -0.05) is 88.9 Å². The number of cyclic esters (lactones) is 1. The van der Waals surface area contributed by atoms with Gasteiger partial charge in [-0.05, 0) is 47.8 Å². The zero-order valence-electron chi connectivity index (χ0n) is 17.5. The van der Waals surface area contributed by atoms with E-state index >= 15 is 0 Å². The highest BCUT2D eigenvalue weighted by Crippen LogP contribution is 2.49. The molecular weight excluding hydrogens is 500 g/mol. The molecule has 0 N–H and O–H groups in total. The molecule has 0 spiro atoms. The molecule has 0 bridgehead atoms. The topological polar surface area (TPSA) is 29.5 Å². The van der Waals surface area contributed by atoms with Crippen LogP contribution in [0, 0.1) is 0 Å². The molecule has 1 saturated heterocycles. The summed E-state index contributed by atoms with van der Waals surface area (Å²) in [6.07, 6.45) is 3.58. The molecule has 0 aliphatic carbocycles. The zero-order chi connectivity index (χ0) is 23.1. The van der Waals surface area contributed by atoms with Crippen LogP contribution in [0.25, 0.3) is 5.57 Å². The summed E-state index contributed by atoms with van der Waals surface area (Å²) in [4.78, 5) is 15.0. The van der Waals surface area contributed by atoms with E-state index in [4.69, 9.17) is 51.1 Å². The van der Waals surface area contributed by atoms with Crippen molar-refractivity contribution in [2.24, 2.45) is 0 Å². The van der Waals surface area contributed by atoms with E-state index in [9.17, 15) is 4.79 Å². The average molecular weight is 519 g/mol. The minimum atomic E-state index is -0.749. The van der Waals surface area contributed by atoms with Gasteiger partial charge in [-0.3, -0.25) is 0 Å². The van der Waals surface area contributed by atoms with Gasteiger partial charge in [-0.25, -0.2) is 4.79 Å². The molecule has 2 aliphatic heterocycles. The lowest BCUT2D eigenvalue weighted by atomic mass is 9.94. The van der Waals surface area contributed by atoms with Crippen LogP contribution in [-0.2, 0) is 4.74 Å². The second-order valence-corrected chi connectivity index (χ2v) is 9.57. The van der Waals surface area contributed by atoms with Crippen LogP contribution in [0.15, 0.2) is 60.7 Å². The van der Waals surface area contributed by atoms with Crippen molar-refractivity contribution in [2.45, 2.75) is 18.9 Å². The van der Waals surface area contributed by atoms with E-state index in [1.165, 1.54) is 18.5 Å². The van der Waals surface area contributed by atoms with Gasteiger partial charge in [0.2, 0.25) is 0 Å². The second-order valence-electron chi connectivity index (χ2n) is 8.06. The van der Waals surface area contributed by atoms with Gasteiger partial charge >= 0.3 is 5.97 Å². The van der Waals surface area contributed by atoms with Crippen molar-refractivity contribution < 1.29 is 9.53 Å². The third kappa shape index (κ3) is 4.13. The number of hydrogen-bond donors (Lipinski definition) is 0. The number of nitrogens with zero attached hydrogens (tertiary/aromatic N) is 1. The summed E-state index contributed by atoms with van der Waals surface area (Å²) in [6.45, 7) is 2.16. The van der Waals surface area contributed by atoms with Crippen molar-refractivity contribution in [3.05, 3.63) is 103 Å². The number of esters is 1. The molecule has 0 amide bonds. The largest absolute Gasteiger partial charge is 0.449 e. The van der Waals surface area contributed by atoms with E-state index in [0.29, 0.717) is 5.56 Å².